The van der Waals surface area contributed by atoms with Crippen molar-refractivity contribution in [1.29, 1.82) is 0 Å². The maximum Gasteiger partial charge on any atom is 0.241 e. The largest absolute Gasteiger partial charge is 0.388 e. The van der Waals surface area contributed by atoms with Gasteiger partial charge in [-0.15, -0.1) is 10.2 Å². The van der Waals surface area contributed by atoms with Gasteiger partial charge in [0.05, 0.1) is 6.54 Å². The Labute approximate surface area is 150 Å². The van der Waals surface area contributed by atoms with Crippen LogP contribution in [0.3, 0.4) is 0 Å². The molecule has 1 saturated heterocycles. The highest BCUT2D eigenvalue weighted by molar-refractivity contribution is 5.52. The molecule has 0 bridgehead atoms. The number of pyridine rings is 1. The van der Waals surface area contributed by atoms with Gasteiger partial charge in [0.1, 0.15) is 12.4 Å². The van der Waals surface area contributed by atoms with E-state index < -0.39 is 0 Å². The first kappa shape index (κ1) is 16.8. The van der Waals surface area contributed by atoms with Crippen LogP contribution in [0, 0.1) is 0 Å². The van der Waals surface area contributed by atoms with E-state index in [9.17, 15) is 5.11 Å². The zero-order valence-electron chi connectivity index (χ0n) is 14.6. The summed E-state index contributed by atoms with van der Waals surface area (Å²) >= 11 is 0. The smallest absolute Gasteiger partial charge is 0.241 e. The lowest BCUT2D eigenvalue weighted by Crippen LogP contribution is -2.35. The van der Waals surface area contributed by atoms with Gasteiger partial charge >= 0.3 is 0 Å². The van der Waals surface area contributed by atoms with Crippen LogP contribution in [0.2, 0.25) is 0 Å². The fourth-order valence-corrected chi connectivity index (χ4v) is 3.41. The van der Waals surface area contributed by atoms with Crippen LogP contribution in [-0.2, 0) is 20.2 Å². The monoisotopic (exact) mass is 355 g/mol. The van der Waals surface area contributed by atoms with Gasteiger partial charge in [0.25, 0.3) is 0 Å². The number of aromatic nitrogens is 6. The second kappa shape index (κ2) is 7.30. The van der Waals surface area contributed by atoms with Gasteiger partial charge in [-0.2, -0.15) is 4.98 Å². The van der Waals surface area contributed by atoms with Crippen LogP contribution in [0.25, 0.3) is 11.4 Å². The fourth-order valence-electron chi connectivity index (χ4n) is 3.41. The second-order valence-electron chi connectivity index (χ2n) is 6.51. The first-order valence-electron chi connectivity index (χ1n) is 8.69. The quantitative estimate of drug-likeness (QED) is 0.726. The maximum atomic E-state index is 9.31. The van der Waals surface area contributed by atoms with Crippen molar-refractivity contribution in [2.24, 2.45) is 7.05 Å². The normalized spacial score (nSPS) is 18.3. The Hall–Kier alpha value is -2.65. The third-order valence-corrected chi connectivity index (χ3v) is 4.78. The molecule has 9 nitrogen and oxygen atoms in total. The van der Waals surface area contributed by atoms with Gasteiger partial charge in [-0.1, -0.05) is 5.16 Å². The third kappa shape index (κ3) is 3.35. The van der Waals surface area contributed by atoms with E-state index in [-0.39, 0.29) is 12.5 Å². The summed E-state index contributed by atoms with van der Waals surface area (Å²) in [4.78, 5) is 10.8. The molecule has 0 amide bonds. The van der Waals surface area contributed by atoms with Gasteiger partial charge in [-0.05, 0) is 31.5 Å². The number of aliphatic hydroxyl groups excluding tert-OH is 1. The predicted molar refractivity (Wildman–Crippen MR) is 91.7 cm³/mol. The molecule has 1 aliphatic heterocycles. The molecule has 26 heavy (non-hydrogen) atoms. The molecule has 4 rings (SSSR count). The summed E-state index contributed by atoms with van der Waals surface area (Å²) in [5.41, 5.74) is 0.891. The van der Waals surface area contributed by atoms with Gasteiger partial charge < -0.3 is 14.2 Å². The van der Waals surface area contributed by atoms with E-state index in [1.54, 1.807) is 12.4 Å². The van der Waals surface area contributed by atoms with Crippen LogP contribution in [0.15, 0.2) is 29.0 Å². The van der Waals surface area contributed by atoms with E-state index >= 15 is 0 Å². The molecule has 136 valence electrons. The first-order valence-corrected chi connectivity index (χ1v) is 8.69. The number of nitrogens with zero attached hydrogens (tertiary/aromatic N) is 7. The Morgan fingerprint density at radius 1 is 1.27 bits per heavy atom. The molecule has 0 spiro atoms. The summed E-state index contributed by atoms with van der Waals surface area (Å²) in [5, 5.41) is 21.7. The van der Waals surface area contributed by atoms with Crippen LogP contribution < -0.4 is 0 Å². The predicted octanol–water partition coefficient (Wildman–Crippen LogP) is 1.13. The highest BCUT2D eigenvalue weighted by atomic mass is 16.5. The summed E-state index contributed by atoms with van der Waals surface area (Å²) in [6.07, 6.45) is 5.54. The number of hydrogen-bond acceptors (Lipinski definition) is 8. The molecule has 9 heteroatoms. The van der Waals surface area contributed by atoms with Crippen molar-refractivity contribution >= 4 is 0 Å². The second-order valence-corrected chi connectivity index (χ2v) is 6.51. The van der Waals surface area contributed by atoms with Crippen molar-refractivity contribution in [3.63, 3.8) is 0 Å². The van der Waals surface area contributed by atoms with Crippen LogP contribution in [0.4, 0.5) is 0 Å². The Morgan fingerprint density at radius 3 is 2.88 bits per heavy atom. The number of aliphatic hydroxyl groups is 1. The standard InChI is InChI=1S/C17H21N7O2/c1-23-14(11-25)20-21-17(23)13-3-2-8-24(9-13)10-15-19-16(22-26-15)12-4-6-18-7-5-12/h4-7,13,25H,2-3,8-11H2,1H3/t13-/m1/s1. The van der Waals surface area contributed by atoms with Crippen molar-refractivity contribution in [1.82, 2.24) is 34.8 Å². The summed E-state index contributed by atoms with van der Waals surface area (Å²) in [5.74, 6) is 2.98. The highest BCUT2D eigenvalue weighted by Crippen LogP contribution is 2.27. The third-order valence-electron chi connectivity index (χ3n) is 4.78. The minimum atomic E-state index is -0.0975. The Balaban J connectivity index is 1.44. The average Bonchev–Trinajstić information content (AvgIpc) is 3.29. The molecular formula is C17H21N7O2. The molecule has 4 heterocycles. The summed E-state index contributed by atoms with van der Waals surface area (Å²) in [6.45, 7) is 2.34. The van der Waals surface area contributed by atoms with Crippen LogP contribution in [0.1, 0.15) is 36.3 Å². The number of hydrogen-bond donors (Lipinski definition) is 1. The molecule has 1 aliphatic rings. The van der Waals surface area contributed by atoms with Gasteiger partial charge in [-0.25, -0.2) is 0 Å². The van der Waals surface area contributed by atoms with Crippen LogP contribution in [-0.4, -0.2) is 53.0 Å². The number of piperidine rings is 1. The molecule has 0 radical (unpaired) electrons. The highest BCUT2D eigenvalue weighted by Gasteiger charge is 2.27. The van der Waals surface area contributed by atoms with Gasteiger partial charge in [0.2, 0.25) is 11.7 Å². The molecule has 1 fully saturated rings. The van der Waals surface area contributed by atoms with Gasteiger partial charge in [0.15, 0.2) is 5.82 Å². The van der Waals surface area contributed by atoms with E-state index in [2.05, 4.69) is 30.2 Å². The minimum absolute atomic E-state index is 0.0975. The minimum Gasteiger partial charge on any atom is -0.388 e. The molecular weight excluding hydrogens is 334 g/mol. The number of likely N-dealkylation sites (tertiary alicyclic amines) is 1. The first-order chi connectivity index (χ1) is 12.7. The van der Waals surface area contributed by atoms with Crippen molar-refractivity contribution in [2.45, 2.75) is 31.9 Å². The lowest BCUT2D eigenvalue weighted by molar-refractivity contribution is 0.173. The van der Waals surface area contributed by atoms with Crippen molar-refractivity contribution < 1.29 is 9.63 Å². The molecule has 0 unspecified atom stereocenters. The molecule has 0 aliphatic carbocycles. The van der Waals surface area contributed by atoms with Gasteiger partial charge in [0, 0.05) is 37.5 Å². The Kier molecular flexibility index (Phi) is 4.72. The fraction of sp³-hybridized carbons (Fsp3) is 0.471. The molecule has 3 aromatic rings. The average molecular weight is 355 g/mol. The zero-order chi connectivity index (χ0) is 17.9. The molecule has 1 atom stereocenters. The maximum absolute atomic E-state index is 9.31. The lowest BCUT2D eigenvalue weighted by atomic mass is 9.97. The van der Waals surface area contributed by atoms with E-state index in [0.717, 1.165) is 37.3 Å². The summed E-state index contributed by atoms with van der Waals surface area (Å²) in [6, 6.07) is 3.72. The van der Waals surface area contributed by atoms with Crippen molar-refractivity contribution in [3.8, 4) is 11.4 Å². The Bertz CT molecular complexity index is 861. The van der Waals surface area contributed by atoms with Crippen molar-refractivity contribution in [2.75, 3.05) is 13.1 Å². The van der Waals surface area contributed by atoms with Crippen LogP contribution >= 0.6 is 0 Å². The van der Waals surface area contributed by atoms with E-state index in [1.165, 1.54) is 0 Å². The number of rotatable bonds is 5. The molecule has 0 saturated carbocycles. The summed E-state index contributed by atoms with van der Waals surface area (Å²) in [7, 11) is 1.90. The Morgan fingerprint density at radius 2 is 2.12 bits per heavy atom. The zero-order valence-corrected chi connectivity index (χ0v) is 14.6. The molecule has 1 N–H and O–H groups in total. The molecule has 0 aromatic carbocycles. The topological polar surface area (TPSA) is 106 Å². The van der Waals surface area contributed by atoms with Crippen molar-refractivity contribution in [3.05, 3.63) is 42.1 Å². The van der Waals surface area contributed by atoms with E-state index in [1.807, 2.05) is 23.7 Å². The molecule has 3 aromatic heterocycles. The SMILES string of the molecule is Cn1c(CO)nnc1[C@@H]1CCCN(Cc2nc(-c3ccncc3)no2)C1. The summed E-state index contributed by atoms with van der Waals surface area (Å²) < 4.78 is 7.31. The van der Waals surface area contributed by atoms with E-state index in [4.69, 9.17) is 4.52 Å². The lowest BCUT2D eigenvalue weighted by Gasteiger charge is -2.31. The van der Waals surface area contributed by atoms with Crippen LogP contribution in [0.5, 0.6) is 0 Å². The van der Waals surface area contributed by atoms with Gasteiger partial charge in [-0.3, -0.25) is 9.88 Å². The van der Waals surface area contributed by atoms with E-state index in [0.29, 0.717) is 24.1 Å².